The largest absolute Gasteiger partial charge is 0.353 e. The Bertz CT molecular complexity index is 429. The lowest BCUT2D eigenvalue weighted by molar-refractivity contribution is -0.121. The van der Waals surface area contributed by atoms with Crippen LogP contribution in [0, 0.1) is 0 Å². The molecule has 2 rings (SSSR count). The minimum absolute atomic E-state index is 0.204. The van der Waals surface area contributed by atoms with Gasteiger partial charge in [-0.2, -0.15) is 0 Å². The van der Waals surface area contributed by atoms with Gasteiger partial charge in [-0.3, -0.25) is 4.79 Å². The highest BCUT2D eigenvalue weighted by atomic mass is 79.9. The fourth-order valence-electron chi connectivity index (χ4n) is 2.17. The van der Waals surface area contributed by atoms with Crippen molar-refractivity contribution in [2.75, 3.05) is 6.54 Å². The maximum Gasteiger partial charge on any atom is 0.220 e. The normalized spacial score (nSPS) is 15.9. The molecule has 4 heteroatoms. The minimum atomic E-state index is 0.204. The summed E-state index contributed by atoms with van der Waals surface area (Å²) in [5.74, 6) is 0.204. The molecule has 1 saturated carbocycles. The Labute approximate surface area is 129 Å². The van der Waals surface area contributed by atoms with Crippen LogP contribution in [0.3, 0.4) is 0 Å². The van der Waals surface area contributed by atoms with E-state index < -0.39 is 0 Å². The summed E-state index contributed by atoms with van der Waals surface area (Å²) < 4.78 is 1.11. The predicted octanol–water partition coefficient (Wildman–Crippen LogP) is 3.03. The first-order valence-electron chi connectivity index (χ1n) is 7.40. The molecule has 20 heavy (non-hydrogen) atoms. The van der Waals surface area contributed by atoms with Crippen LogP contribution in [0.2, 0.25) is 0 Å². The summed E-state index contributed by atoms with van der Waals surface area (Å²) in [6.45, 7) is 3.09. The van der Waals surface area contributed by atoms with Gasteiger partial charge in [0.2, 0.25) is 5.91 Å². The number of rotatable bonds is 8. The van der Waals surface area contributed by atoms with E-state index in [-0.39, 0.29) is 5.91 Å². The van der Waals surface area contributed by atoms with Crippen LogP contribution >= 0.6 is 15.9 Å². The zero-order valence-corrected chi connectivity index (χ0v) is 13.6. The maximum absolute atomic E-state index is 11.5. The zero-order chi connectivity index (χ0) is 14.4. The second kappa shape index (κ2) is 7.79. The van der Waals surface area contributed by atoms with Gasteiger partial charge in [-0.1, -0.05) is 28.1 Å². The van der Waals surface area contributed by atoms with E-state index in [0.29, 0.717) is 18.5 Å². The van der Waals surface area contributed by atoms with Crippen molar-refractivity contribution in [1.29, 1.82) is 0 Å². The van der Waals surface area contributed by atoms with Crippen LogP contribution in [0.1, 0.15) is 38.2 Å². The van der Waals surface area contributed by atoms with Gasteiger partial charge in [0, 0.05) is 23.0 Å². The van der Waals surface area contributed by atoms with Crippen LogP contribution in [0.25, 0.3) is 0 Å². The van der Waals surface area contributed by atoms with Gasteiger partial charge in [0.25, 0.3) is 0 Å². The molecular weight excluding hydrogens is 316 g/mol. The molecule has 0 bridgehead atoms. The number of hydrogen-bond donors (Lipinski definition) is 2. The highest BCUT2D eigenvalue weighted by Crippen LogP contribution is 2.18. The van der Waals surface area contributed by atoms with Crippen LogP contribution in [0.15, 0.2) is 28.7 Å². The predicted molar refractivity (Wildman–Crippen MR) is 85.7 cm³/mol. The van der Waals surface area contributed by atoms with Gasteiger partial charge in [-0.15, -0.1) is 0 Å². The van der Waals surface area contributed by atoms with Gasteiger partial charge in [0.1, 0.15) is 0 Å². The zero-order valence-electron chi connectivity index (χ0n) is 12.0. The lowest BCUT2D eigenvalue weighted by Gasteiger charge is -2.14. The van der Waals surface area contributed by atoms with Gasteiger partial charge in [-0.05, 0) is 56.8 Å². The molecule has 0 spiro atoms. The smallest absolute Gasteiger partial charge is 0.220 e. The number of benzene rings is 1. The van der Waals surface area contributed by atoms with Crippen molar-refractivity contribution in [3.8, 4) is 0 Å². The number of carbonyl (C=O) groups is 1. The monoisotopic (exact) mass is 338 g/mol. The molecule has 110 valence electrons. The van der Waals surface area contributed by atoms with E-state index in [2.05, 4.69) is 57.8 Å². The fraction of sp³-hybridized carbons (Fsp3) is 0.562. The Balaban J connectivity index is 1.56. The number of carbonyl (C=O) groups excluding carboxylic acids is 1. The fourth-order valence-corrected chi connectivity index (χ4v) is 2.44. The molecule has 0 radical (unpaired) electrons. The van der Waals surface area contributed by atoms with Crippen molar-refractivity contribution in [3.05, 3.63) is 34.3 Å². The Kier molecular flexibility index (Phi) is 6.05. The standard InChI is InChI=1S/C16H23BrN2O/c1-12(11-13-4-6-14(17)7-5-13)18-10-2-3-16(20)19-15-8-9-15/h4-7,12,15,18H,2-3,8-11H2,1H3,(H,19,20). The van der Waals surface area contributed by atoms with Crippen molar-refractivity contribution in [2.24, 2.45) is 0 Å². The molecule has 1 aliphatic rings. The Morgan fingerprint density at radius 1 is 1.35 bits per heavy atom. The number of nitrogens with one attached hydrogen (secondary N) is 2. The van der Waals surface area contributed by atoms with Gasteiger partial charge in [-0.25, -0.2) is 0 Å². The topological polar surface area (TPSA) is 41.1 Å². The number of amides is 1. The highest BCUT2D eigenvalue weighted by molar-refractivity contribution is 9.10. The van der Waals surface area contributed by atoms with E-state index in [1.54, 1.807) is 0 Å². The molecular formula is C16H23BrN2O. The van der Waals surface area contributed by atoms with Gasteiger partial charge >= 0.3 is 0 Å². The summed E-state index contributed by atoms with van der Waals surface area (Å²) in [5.41, 5.74) is 1.33. The summed E-state index contributed by atoms with van der Waals surface area (Å²) in [7, 11) is 0. The lowest BCUT2D eigenvalue weighted by atomic mass is 10.1. The van der Waals surface area contributed by atoms with E-state index in [1.165, 1.54) is 5.56 Å². The maximum atomic E-state index is 11.5. The Morgan fingerprint density at radius 2 is 2.05 bits per heavy atom. The molecule has 1 fully saturated rings. The molecule has 0 aliphatic heterocycles. The third-order valence-electron chi connectivity index (χ3n) is 3.47. The van der Waals surface area contributed by atoms with E-state index in [1.807, 2.05) is 0 Å². The average molecular weight is 339 g/mol. The first-order chi connectivity index (χ1) is 9.63. The Hall–Kier alpha value is -0.870. The molecule has 1 amide bonds. The summed E-state index contributed by atoms with van der Waals surface area (Å²) in [6.07, 6.45) is 4.88. The van der Waals surface area contributed by atoms with Crippen molar-refractivity contribution in [3.63, 3.8) is 0 Å². The van der Waals surface area contributed by atoms with E-state index >= 15 is 0 Å². The minimum Gasteiger partial charge on any atom is -0.353 e. The van der Waals surface area contributed by atoms with E-state index in [4.69, 9.17) is 0 Å². The second-order valence-corrected chi connectivity index (χ2v) is 6.55. The van der Waals surface area contributed by atoms with Crippen molar-refractivity contribution in [1.82, 2.24) is 10.6 Å². The third kappa shape index (κ3) is 6.06. The Morgan fingerprint density at radius 3 is 2.70 bits per heavy atom. The van der Waals surface area contributed by atoms with Crippen LogP contribution in [0.5, 0.6) is 0 Å². The average Bonchev–Trinajstić information content (AvgIpc) is 3.21. The van der Waals surface area contributed by atoms with Gasteiger partial charge in [0.05, 0.1) is 0 Å². The summed E-state index contributed by atoms with van der Waals surface area (Å²) in [6, 6.07) is 9.35. The molecule has 0 heterocycles. The van der Waals surface area contributed by atoms with Crippen molar-refractivity contribution >= 4 is 21.8 Å². The van der Waals surface area contributed by atoms with Gasteiger partial charge in [0.15, 0.2) is 0 Å². The molecule has 3 nitrogen and oxygen atoms in total. The summed E-state index contributed by atoms with van der Waals surface area (Å²) in [5, 5.41) is 6.49. The molecule has 1 aromatic carbocycles. The molecule has 1 atom stereocenters. The van der Waals surface area contributed by atoms with Crippen molar-refractivity contribution < 1.29 is 4.79 Å². The quantitative estimate of drug-likeness (QED) is 0.715. The van der Waals surface area contributed by atoms with Crippen LogP contribution in [0.4, 0.5) is 0 Å². The lowest BCUT2D eigenvalue weighted by Crippen LogP contribution is -2.30. The molecule has 1 aliphatic carbocycles. The second-order valence-electron chi connectivity index (χ2n) is 5.63. The van der Waals surface area contributed by atoms with Crippen LogP contribution in [-0.4, -0.2) is 24.5 Å². The SMILES string of the molecule is CC(Cc1ccc(Br)cc1)NCCCC(=O)NC1CC1. The molecule has 0 saturated heterocycles. The number of halogens is 1. The highest BCUT2D eigenvalue weighted by Gasteiger charge is 2.22. The first kappa shape index (κ1) is 15.5. The van der Waals surface area contributed by atoms with Crippen LogP contribution in [-0.2, 0) is 11.2 Å². The summed E-state index contributed by atoms with van der Waals surface area (Å²) in [4.78, 5) is 11.5. The van der Waals surface area contributed by atoms with E-state index in [9.17, 15) is 4.79 Å². The molecule has 1 unspecified atom stereocenters. The van der Waals surface area contributed by atoms with Crippen molar-refractivity contribution in [2.45, 2.75) is 51.1 Å². The molecule has 1 aromatic rings. The molecule has 2 N–H and O–H groups in total. The number of hydrogen-bond acceptors (Lipinski definition) is 2. The van der Waals surface area contributed by atoms with E-state index in [0.717, 1.165) is 36.7 Å². The third-order valence-corrected chi connectivity index (χ3v) is 4.00. The first-order valence-corrected chi connectivity index (χ1v) is 8.20. The molecule has 0 aromatic heterocycles. The van der Waals surface area contributed by atoms with Crippen LogP contribution < -0.4 is 10.6 Å². The van der Waals surface area contributed by atoms with Gasteiger partial charge < -0.3 is 10.6 Å². The summed E-state index contributed by atoms with van der Waals surface area (Å²) >= 11 is 3.44.